The van der Waals surface area contributed by atoms with E-state index in [0.29, 0.717) is 22.6 Å². The number of carbonyl (C=O) groups excluding carboxylic acids is 4. The molecule has 0 radical (unpaired) electrons. The van der Waals surface area contributed by atoms with Gasteiger partial charge in [-0.25, -0.2) is 0 Å². The van der Waals surface area contributed by atoms with Crippen LogP contribution in [0.25, 0.3) is 0 Å². The van der Waals surface area contributed by atoms with Crippen molar-refractivity contribution in [3.8, 4) is 5.75 Å². The summed E-state index contributed by atoms with van der Waals surface area (Å²) in [6.45, 7) is 2.45. The summed E-state index contributed by atoms with van der Waals surface area (Å²) in [5.74, 6) is -1.29. The molecule has 8 nitrogen and oxygen atoms in total. The molecule has 8 heteroatoms. The van der Waals surface area contributed by atoms with E-state index >= 15 is 0 Å². The lowest BCUT2D eigenvalue weighted by Gasteiger charge is -2.14. The minimum absolute atomic E-state index is 0.131. The van der Waals surface area contributed by atoms with E-state index in [2.05, 4.69) is 10.6 Å². The summed E-state index contributed by atoms with van der Waals surface area (Å²) in [4.78, 5) is 47.5. The molecule has 1 atom stereocenters. The van der Waals surface area contributed by atoms with Crippen molar-refractivity contribution in [3.05, 3.63) is 59.7 Å². The van der Waals surface area contributed by atoms with E-state index in [1.165, 1.54) is 27.0 Å². The van der Waals surface area contributed by atoms with Crippen molar-refractivity contribution < 1.29 is 28.7 Å². The molecule has 0 spiro atoms. The molecule has 0 saturated heterocycles. The summed E-state index contributed by atoms with van der Waals surface area (Å²) < 4.78 is 10.0. The third kappa shape index (κ3) is 6.46. The molecule has 1 unspecified atom stereocenters. The maximum Gasteiger partial charge on any atom is 0.326 e. The number of methoxy groups -OCH3 is 1. The quantitative estimate of drug-likeness (QED) is 0.521. The van der Waals surface area contributed by atoms with Crippen LogP contribution >= 0.6 is 0 Å². The van der Waals surface area contributed by atoms with Crippen molar-refractivity contribution in [3.63, 3.8) is 0 Å². The lowest BCUT2D eigenvalue weighted by atomic mass is 10.1. The van der Waals surface area contributed by atoms with E-state index in [9.17, 15) is 19.2 Å². The molecule has 0 fully saturated rings. The van der Waals surface area contributed by atoms with Gasteiger partial charge in [0, 0.05) is 16.8 Å². The topological polar surface area (TPSA) is 111 Å². The molecule has 0 aliphatic carbocycles. The van der Waals surface area contributed by atoms with Crippen LogP contribution in [-0.2, 0) is 14.3 Å². The summed E-state index contributed by atoms with van der Waals surface area (Å²) in [5, 5.41) is 5.00. The maximum atomic E-state index is 12.2. The number of benzene rings is 2. The summed E-state index contributed by atoms with van der Waals surface area (Å²) in [7, 11) is 1.52. The van der Waals surface area contributed by atoms with Gasteiger partial charge in [0.25, 0.3) is 11.8 Å². The van der Waals surface area contributed by atoms with Crippen molar-refractivity contribution in [1.82, 2.24) is 5.32 Å². The van der Waals surface area contributed by atoms with Gasteiger partial charge in [0.1, 0.15) is 12.3 Å². The first-order valence-electron chi connectivity index (χ1n) is 8.83. The predicted octanol–water partition coefficient (Wildman–Crippen LogP) is 2.20. The fraction of sp³-hybridized carbons (Fsp3) is 0.238. The minimum Gasteiger partial charge on any atom is -0.497 e. The zero-order valence-electron chi connectivity index (χ0n) is 16.4. The Balaban J connectivity index is 1.83. The molecular weight excluding hydrogens is 376 g/mol. The van der Waals surface area contributed by atoms with Crippen LogP contribution in [0.3, 0.4) is 0 Å². The van der Waals surface area contributed by atoms with E-state index in [0.717, 1.165) is 0 Å². The SMILES string of the molecule is COc1ccc(C(=O)NCC(=O)OC(C)C(=O)Nc2cccc(C(C)=O)c2)cc1. The van der Waals surface area contributed by atoms with Crippen molar-refractivity contribution in [2.24, 2.45) is 0 Å². The summed E-state index contributed by atoms with van der Waals surface area (Å²) >= 11 is 0. The summed E-state index contributed by atoms with van der Waals surface area (Å²) in [5.41, 5.74) is 1.22. The number of ketones is 1. The van der Waals surface area contributed by atoms with Gasteiger partial charge in [0.15, 0.2) is 11.9 Å². The molecule has 2 amide bonds. The second-order valence-electron chi connectivity index (χ2n) is 6.17. The highest BCUT2D eigenvalue weighted by Gasteiger charge is 2.19. The first-order chi connectivity index (χ1) is 13.8. The van der Waals surface area contributed by atoms with Crippen molar-refractivity contribution in [1.29, 1.82) is 0 Å². The highest BCUT2D eigenvalue weighted by atomic mass is 16.5. The van der Waals surface area contributed by atoms with Gasteiger partial charge in [-0.3, -0.25) is 19.2 Å². The van der Waals surface area contributed by atoms with E-state index in [4.69, 9.17) is 9.47 Å². The summed E-state index contributed by atoms with van der Waals surface area (Å²) in [6, 6.07) is 12.8. The number of esters is 1. The molecule has 0 heterocycles. The van der Waals surface area contributed by atoms with Crippen molar-refractivity contribution >= 4 is 29.3 Å². The minimum atomic E-state index is -1.08. The number of hydrogen-bond donors (Lipinski definition) is 2. The Kier molecular flexibility index (Phi) is 7.47. The van der Waals surface area contributed by atoms with E-state index in [1.54, 1.807) is 42.5 Å². The predicted molar refractivity (Wildman–Crippen MR) is 106 cm³/mol. The van der Waals surface area contributed by atoms with Crippen LogP contribution in [0.1, 0.15) is 34.6 Å². The van der Waals surface area contributed by atoms with E-state index < -0.39 is 23.9 Å². The number of hydrogen-bond acceptors (Lipinski definition) is 6. The first kappa shape index (κ1) is 21.6. The van der Waals surface area contributed by atoms with Crippen LogP contribution in [0.2, 0.25) is 0 Å². The van der Waals surface area contributed by atoms with Crippen LogP contribution in [0, 0.1) is 0 Å². The fourth-order valence-electron chi connectivity index (χ4n) is 2.35. The molecule has 0 bridgehead atoms. The fourth-order valence-corrected chi connectivity index (χ4v) is 2.35. The van der Waals surface area contributed by atoms with Gasteiger partial charge in [0.05, 0.1) is 7.11 Å². The van der Waals surface area contributed by atoms with Crippen molar-refractivity contribution in [2.45, 2.75) is 20.0 Å². The van der Waals surface area contributed by atoms with Crippen molar-refractivity contribution in [2.75, 3.05) is 19.0 Å². The highest BCUT2D eigenvalue weighted by Crippen LogP contribution is 2.12. The molecule has 0 aliphatic rings. The van der Waals surface area contributed by atoms with Gasteiger partial charge in [-0.1, -0.05) is 12.1 Å². The van der Waals surface area contributed by atoms with Crippen LogP contribution in [0.4, 0.5) is 5.69 Å². The monoisotopic (exact) mass is 398 g/mol. The Labute approximate surface area is 168 Å². The smallest absolute Gasteiger partial charge is 0.326 e. The lowest BCUT2D eigenvalue weighted by molar-refractivity contribution is -0.152. The number of carbonyl (C=O) groups is 4. The zero-order chi connectivity index (χ0) is 21.4. The largest absolute Gasteiger partial charge is 0.497 e. The number of Topliss-reactive ketones (excluding diaryl/α,β-unsaturated/α-hetero) is 1. The first-order valence-corrected chi connectivity index (χ1v) is 8.83. The standard InChI is InChI=1S/C21H22N2O6/c1-13(24)16-5-4-6-17(11-16)23-20(26)14(2)29-19(25)12-22-21(27)15-7-9-18(28-3)10-8-15/h4-11,14H,12H2,1-3H3,(H,22,27)(H,23,26). The number of rotatable bonds is 8. The molecule has 0 saturated carbocycles. The Hall–Kier alpha value is -3.68. The molecule has 152 valence electrons. The summed E-state index contributed by atoms with van der Waals surface area (Å²) in [6.07, 6.45) is -1.08. The average molecular weight is 398 g/mol. The van der Waals surface area contributed by atoms with Crippen LogP contribution < -0.4 is 15.4 Å². The number of nitrogens with one attached hydrogen (secondary N) is 2. The normalized spacial score (nSPS) is 11.1. The van der Waals surface area contributed by atoms with Gasteiger partial charge >= 0.3 is 5.97 Å². The highest BCUT2D eigenvalue weighted by molar-refractivity contribution is 5.99. The molecule has 0 aromatic heterocycles. The molecule has 0 aliphatic heterocycles. The second kappa shape index (κ2) is 10.0. The third-order valence-corrected chi connectivity index (χ3v) is 3.96. The molecule has 2 N–H and O–H groups in total. The van der Waals surface area contributed by atoms with Crippen LogP contribution in [0.15, 0.2) is 48.5 Å². The van der Waals surface area contributed by atoms with E-state index in [-0.39, 0.29) is 12.3 Å². The zero-order valence-corrected chi connectivity index (χ0v) is 16.4. The van der Waals surface area contributed by atoms with Gasteiger partial charge < -0.3 is 20.1 Å². The maximum absolute atomic E-state index is 12.2. The average Bonchev–Trinajstić information content (AvgIpc) is 2.72. The molecule has 2 rings (SSSR count). The molecular formula is C21H22N2O6. The Morgan fingerprint density at radius 1 is 1.00 bits per heavy atom. The van der Waals surface area contributed by atoms with Crippen LogP contribution in [0.5, 0.6) is 5.75 Å². The molecule has 2 aromatic rings. The van der Waals surface area contributed by atoms with Gasteiger partial charge in [-0.2, -0.15) is 0 Å². The molecule has 2 aromatic carbocycles. The van der Waals surface area contributed by atoms with E-state index in [1.807, 2.05) is 0 Å². The molecule has 29 heavy (non-hydrogen) atoms. The number of anilines is 1. The Morgan fingerprint density at radius 2 is 1.69 bits per heavy atom. The number of amides is 2. The Bertz CT molecular complexity index is 908. The van der Waals surface area contributed by atoms with Gasteiger partial charge in [-0.05, 0) is 50.2 Å². The van der Waals surface area contributed by atoms with Gasteiger partial charge in [0.2, 0.25) is 0 Å². The lowest BCUT2D eigenvalue weighted by Crippen LogP contribution is -2.35. The Morgan fingerprint density at radius 3 is 2.31 bits per heavy atom. The van der Waals surface area contributed by atoms with Gasteiger partial charge in [-0.15, -0.1) is 0 Å². The van der Waals surface area contributed by atoms with Crippen LogP contribution in [-0.4, -0.2) is 43.3 Å². The number of ether oxygens (including phenoxy) is 2. The second-order valence-corrected chi connectivity index (χ2v) is 6.17. The third-order valence-electron chi connectivity index (χ3n) is 3.96.